The molecule has 0 spiro atoms. The molecule has 0 saturated carbocycles. The third-order valence-electron chi connectivity index (χ3n) is 2.06. The highest BCUT2D eigenvalue weighted by atomic mass is 32.2. The van der Waals surface area contributed by atoms with Crippen molar-refractivity contribution in [1.29, 1.82) is 0 Å². The highest BCUT2D eigenvalue weighted by Gasteiger charge is 2.38. The molecule has 0 aromatic rings. The van der Waals surface area contributed by atoms with Gasteiger partial charge in [-0.15, -0.1) is 0 Å². The number of hydrogen-bond acceptors (Lipinski definition) is 6. The summed E-state index contributed by atoms with van der Waals surface area (Å²) in [7, 11) is 0. The van der Waals surface area contributed by atoms with Crippen LogP contribution in [0.1, 0.15) is 6.42 Å². The molecule has 8 heteroatoms. The van der Waals surface area contributed by atoms with Gasteiger partial charge in [0.15, 0.2) is 0 Å². The number of β-amino-alcohol motifs (C(OH)–C–C–N with tert-alkyl or cyclic N) is 1. The molecule has 0 radical (unpaired) electrons. The van der Waals surface area contributed by atoms with E-state index in [0.717, 1.165) is 16.9 Å². The van der Waals surface area contributed by atoms with Crippen molar-refractivity contribution in [3.8, 4) is 0 Å². The molecule has 1 saturated heterocycles. The van der Waals surface area contributed by atoms with E-state index >= 15 is 0 Å². The minimum atomic E-state index is -1.10. The highest BCUT2D eigenvalue weighted by molar-refractivity contribution is 7.93. The first kappa shape index (κ1) is 15.2. The highest BCUT2D eigenvalue weighted by Crippen LogP contribution is 2.17. The zero-order valence-corrected chi connectivity index (χ0v) is 9.68. The third kappa shape index (κ3) is 4.35. The fraction of sp³-hybridized carbons (Fsp3) is 0.750. The van der Waals surface area contributed by atoms with E-state index in [0.29, 0.717) is 0 Å². The molecule has 1 aliphatic heterocycles. The molecule has 1 aliphatic rings. The van der Waals surface area contributed by atoms with Gasteiger partial charge in [0.05, 0.1) is 12.6 Å². The molecule has 1 amide bonds. The molecule has 7 nitrogen and oxygen atoms in total. The number of aliphatic carboxylic acids is 1. The van der Waals surface area contributed by atoms with Crippen LogP contribution in [0.15, 0.2) is 0 Å². The van der Waals surface area contributed by atoms with Crippen molar-refractivity contribution in [3.05, 3.63) is 0 Å². The van der Waals surface area contributed by atoms with Crippen LogP contribution in [0.4, 0.5) is 0 Å². The predicted molar refractivity (Wildman–Crippen MR) is 59.0 cm³/mol. The smallest absolute Gasteiger partial charge is 0.326 e. The second-order valence-electron chi connectivity index (χ2n) is 3.18. The molecule has 0 aromatic heterocycles. The summed E-state index contributed by atoms with van der Waals surface area (Å²) in [6, 6.07) is -0.925. The number of carbonyl (C=O) groups excluding carboxylic acids is 1. The lowest BCUT2D eigenvalue weighted by Gasteiger charge is -2.19. The van der Waals surface area contributed by atoms with Crippen molar-refractivity contribution in [3.63, 3.8) is 0 Å². The number of nitrogens with two attached hydrogens (primary N) is 1. The van der Waals surface area contributed by atoms with E-state index in [4.69, 9.17) is 20.5 Å². The number of amides is 1. The van der Waals surface area contributed by atoms with Gasteiger partial charge in [-0.25, -0.2) is 4.79 Å². The zero-order chi connectivity index (χ0) is 12.7. The minimum absolute atomic E-state index is 0.0625. The van der Waals surface area contributed by atoms with Crippen LogP contribution in [0.2, 0.25) is 0 Å². The Hall–Kier alpha value is -0.830. The maximum atomic E-state index is 11.1. The summed E-state index contributed by atoms with van der Waals surface area (Å²) >= 11 is 0.750. The molecule has 1 unspecified atom stereocenters. The number of aliphatic hydroxyl groups is 1. The summed E-state index contributed by atoms with van der Waals surface area (Å²) in [6.45, 7) is -0.163. The van der Waals surface area contributed by atoms with E-state index < -0.39 is 24.0 Å². The molecular weight excluding hydrogens is 236 g/mol. The van der Waals surface area contributed by atoms with Crippen LogP contribution in [-0.2, 0) is 9.59 Å². The average molecular weight is 252 g/mol. The van der Waals surface area contributed by atoms with E-state index in [1.54, 1.807) is 6.26 Å². The number of nitrogens with zero attached hydrogens (tertiary/aromatic N) is 1. The largest absolute Gasteiger partial charge is 0.480 e. The van der Waals surface area contributed by atoms with E-state index in [1.165, 1.54) is 0 Å². The molecule has 94 valence electrons. The normalized spacial score (nSPS) is 23.6. The number of likely N-dealkylation sites (tertiary alicyclic amines) is 1. The first-order valence-corrected chi connectivity index (χ1v) is 5.74. The molecule has 0 bridgehead atoms. The fourth-order valence-electron chi connectivity index (χ4n) is 1.44. The van der Waals surface area contributed by atoms with E-state index in [1.807, 2.05) is 0 Å². The topological polar surface area (TPSA) is 124 Å². The van der Waals surface area contributed by atoms with Crippen LogP contribution in [0.5, 0.6) is 0 Å². The summed E-state index contributed by atoms with van der Waals surface area (Å²) in [5.74, 6) is -1.54. The van der Waals surface area contributed by atoms with Gasteiger partial charge in [0, 0.05) is 19.2 Å². The van der Waals surface area contributed by atoms with Crippen molar-refractivity contribution in [2.24, 2.45) is 5.73 Å². The van der Waals surface area contributed by atoms with Crippen LogP contribution < -0.4 is 5.73 Å². The van der Waals surface area contributed by atoms with Crippen molar-refractivity contribution in [1.82, 2.24) is 4.90 Å². The second-order valence-corrected chi connectivity index (χ2v) is 3.54. The quantitative estimate of drug-likeness (QED) is 0.456. The lowest BCUT2D eigenvalue weighted by Crippen LogP contribution is -2.43. The molecule has 0 aromatic carbocycles. The van der Waals surface area contributed by atoms with Gasteiger partial charge in [-0.2, -0.15) is 0 Å². The Morgan fingerprint density at radius 2 is 2.06 bits per heavy atom. The Bertz CT molecular complexity index is 251. The SMILES string of the molecule is CSO.NCC(=O)N1C[C@H](O)CC1C(=O)O. The first-order chi connectivity index (χ1) is 7.47. The first-order valence-electron chi connectivity index (χ1n) is 4.55. The van der Waals surface area contributed by atoms with Crippen LogP contribution in [0, 0.1) is 0 Å². The van der Waals surface area contributed by atoms with Gasteiger partial charge in [-0.05, 0) is 12.0 Å². The van der Waals surface area contributed by atoms with Gasteiger partial charge in [0.2, 0.25) is 5.91 Å². The van der Waals surface area contributed by atoms with Gasteiger partial charge >= 0.3 is 5.97 Å². The van der Waals surface area contributed by atoms with Gasteiger partial charge in [0.1, 0.15) is 6.04 Å². The van der Waals surface area contributed by atoms with Gasteiger partial charge in [-0.3, -0.25) is 4.79 Å². The van der Waals surface area contributed by atoms with Crippen LogP contribution in [-0.4, -0.2) is 63.0 Å². The number of hydrogen-bond donors (Lipinski definition) is 4. The molecule has 16 heavy (non-hydrogen) atoms. The molecule has 0 aliphatic carbocycles. The maximum Gasteiger partial charge on any atom is 0.326 e. The van der Waals surface area contributed by atoms with Crippen molar-refractivity contribution >= 4 is 23.9 Å². The molecule has 1 fully saturated rings. The summed E-state index contributed by atoms with van der Waals surface area (Å²) in [6.07, 6.45) is 0.928. The summed E-state index contributed by atoms with van der Waals surface area (Å²) in [4.78, 5) is 22.8. The van der Waals surface area contributed by atoms with Crippen molar-refractivity contribution in [2.45, 2.75) is 18.6 Å². The number of carboxylic acid groups (broad SMARTS) is 1. The Labute approximate surface area is 97.4 Å². The summed E-state index contributed by atoms with van der Waals surface area (Å²) in [5, 5.41) is 17.9. The molecular formula is C8H16N2O5S. The van der Waals surface area contributed by atoms with Gasteiger partial charge in [0.25, 0.3) is 0 Å². The Morgan fingerprint density at radius 1 is 1.56 bits per heavy atom. The predicted octanol–water partition coefficient (Wildman–Crippen LogP) is -1.19. The summed E-state index contributed by atoms with van der Waals surface area (Å²) < 4.78 is 7.49. The summed E-state index contributed by atoms with van der Waals surface area (Å²) in [5.41, 5.74) is 5.09. The standard InChI is InChI=1S/C7H12N2O4.CH4OS/c8-2-6(11)9-3-4(10)1-5(9)7(12)13;1-3-2/h4-5,10H,1-3,8H2,(H,12,13);2H,1H3/t4-,5?;/m1./s1. The van der Waals surface area contributed by atoms with Crippen LogP contribution >= 0.6 is 12.0 Å². The Balaban J connectivity index is 0.000000673. The lowest BCUT2D eigenvalue weighted by molar-refractivity contribution is -0.147. The second kappa shape index (κ2) is 7.44. The number of carboxylic acids is 1. The van der Waals surface area contributed by atoms with E-state index in [9.17, 15) is 9.59 Å². The van der Waals surface area contributed by atoms with Crippen molar-refractivity contribution in [2.75, 3.05) is 19.3 Å². The molecule has 5 N–H and O–H groups in total. The van der Waals surface area contributed by atoms with Gasteiger partial charge in [-0.1, -0.05) is 0 Å². The van der Waals surface area contributed by atoms with Gasteiger partial charge < -0.3 is 25.4 Å². The number of aliphatic hydroxyl groups excluding tert-OH is 1. The lowest BCUT2D eigenvalue weighted by atomic mass is 10.2. The third-order valence-corrected chi connectivity index (χ3v) is 2.06. The Morgan fingerprint density at radius 3 is 2.44 bits per heavy atom. The zero-order valence-electron chi connectivity index (χ0n) is 8.87. The average Bonchev–Trinajstić information content (AvgIpc) is 2.60. The van der Waals surface area contributed by atoms with Crippen LogP contribution in [0.25, 0.3) is 0 Å². The van der Waals surface area contributed by atoms with Crippen LogP contribution in [0.3, 0.4) is 0 Å². The number of carbonyl (C=O) groups is 2. The maximum absolute atomic E-state index is 11.1. The molecule has 1 heterocycles. The van der Waals surface area contributed by atoms with E-state index in [-0.39, 0.29) is 19.5 Å². The fourth-order valence-corrected chi connectivity index (χ4v) is 1.44. The minimum Gasteiger partial charge on any atom is -0.480 e. The number of rotatable bonds is 2. The molecule has 2 atom stereocenters. The Kier molecular flexibility index (Phi) is 7.06. The van der Waals surface area contributed by atoms with E-state index in [2.05, 4.69) is 0 Å². The monoisotopic (exact) mass is 252 g/mol. The molecule has 1 rings (SSSR count). The van der Waals surface area contributed by atoms with Crippen molar-refractivity contribution < 1.29 is 24.4 Å².